The van der Waals surface area contributed by atoms with Crippen LogP contribution in [0.4, 0.5) is 0 Å². The van der Waals surface area contributed by atoms with Crippen LogP contribution in [0.15, 0.2) is 122 Å². The Bertz CT molecular complexity index is 1250. The number of hydrogen-bond acceptors (Lipinski definition) is 6. The second kappa shape index (κ2) is 15.6. The van der Waals surface area contributed by atoms with Gasteiger partial charge in [-0.25, -0.2) is 0 Å². The van der Waals surface area contributed by atoms with Crippen molar-refractivity contribution in [2.24, 2.45) is 0 Å². The highest BCUT2D eigenvalue weighted by atomic mass is 16.5. The van der Waals surface area contributed by atoms with Crippen molar-refractivity contribution < 1.29 is 6.16 Å². The molecule has 1 saturated heterocycles. The minimum atomic E-state index is 0. The Hall–Kier alpha value is -4.49. The zero-order valence-electron chi connectivity index (χ0n) is 20.6. The lowest BCUT2D eigenvalue weighted by Crippen LogP contribution is -2.26. The third kappa shape index (κ3) is 8.87. The van der Waals surface area contributed by atoms with Gasteiger partial charge in [-0.05, 0) is 74.5 Å². The van der Waals surface area contributed by atoms with E-state index >= 15 is 0 Å². The summed E-state index contributed by atoms with van der Waals surface area (Å²) in [4.78, 5) is 16.7. The average molecular weight is 509 g/mol. The van der Waals surface area contributed by atoms with E-state index in [9.17, 15) is 5.21 Å². The highest BCUT2D eigenvalue weighted by Crippen LogP contribution is 2.22. The normalized spacial score (nSPS) is 12.5. The van der Waals surface area contributed by atoms with E-state index in [1.807, 2.05) is 60.8 Å². The van der Waals surface area contributed by atoms with Crippen molar-refractivity contribution in [2.45, 2.75) is 26.2 Å². The molecule has 5 aromatic rings. The van der Waals surface area contributed by atoms with Crippen molar-refractivity contribution in [3.63, 3.8) is 0 Å². The molecule has 38 heavy (non-hydrogen) atoms. The van der Waals surface area contributed by atoms with Crippen LogP contribution in [-0.4, -0.2) is 33.0 Å². The molecule has 7 nitrogen and oxygen atoms in total. The van der Waals surface area contributed by atoms with Crippen molar-refractivity contribution >= 4 is 0 Å². The van der Waals surface area contributed by atoms with Gasteiger partial charge in [0.15, 0.2) is 12.4 Å². The third-order valence-corrected chi connectivity index (χ3v) is 5.85. The van der Waals surface area contributed by atoms with E-state index in [-0.39, 0.29) is 8.85 Å². The molecule has 0 spiro atoms. The summed E-state index contributed by atoms with van der Waals surface area (Å²) in [6.07, 6.45) is 14.3. The Morgan fingerprint density at radius 1 is 0.658 bits per heavy atom. The molecule has 0 radical (unpaired) electrons. The van der Waals surface area contributed by atoms with Gasteiger partial charge in [0.25, 0.3) is 0 Å². The third-order valence-electron chi connectivity index (χ3n) is 5.85. The molecular formula is C31H36N6O. The summed E-state index contributed by atoms with van der Waals surface area (Å²) < 4.78 is 0.756. The molecule has 6 heterocycles. The molecule has 0 bridgehead atoms. The lowest BCUT2D eigenvalue weighted by molar-refractivity contribution is -0.605. The molecule has 0 aliphatic carbocycles. The molecule has 0 aromatic carbocycles. The zero-order valence-corrected chi connectivity index (χ0v) is 20.6. The predicted octanol–water partition coefficient (Wildman–Crippen LogP) is 5.96. The van der Waals surface area contributed by atoms with Crippen molar-refractivity contribution in [3.8, 4) is 22.5 Å². The maximum Gasteiger partial charge on any atom is 0.181 e. The van der Waals surface area contributed by atoms with E-state index in [1.165, 1.54) is 30.9 Å². The fourth-order valence-corrected chi connectivity index (χ4v) is 3.91. The first-order chi connectivity index (χ1) is 18.3. The highest BCUT2D eigenvalue weighted by molar-refractivity contribution is 5.57. The number of nitrogens with zero attached hydrogens (tertiary/aromatic N) is 5. The molecule has 1 aliphatic heterocycles. The van der Waals surface area contributed by atoms with Gasteiger partial charge in [0.2, 0.25) is 0 Å². The van der Waals surface area contributed by atoms with E-state index < -0.39 is 0 Å². The van der Waals surface area contributed by atoms with Gasteiger partial charge < -0.3 is 10.5 Å². The van der Waals surface area contributed by atoms with Gasteiger partial charge in [-0.2, -0.15) is 4.73 Å². The minimum absolute atomic E-state index is 0. The molecule has 0 amide bonds. The standard InChI is InChI=1S/C10H8N2O.C10H14N2.C10H8N2.CH4.H2/c13-12-7-4-9(5-8-12)10-3-1-2-6-11-10;2*1-2-6-12-10(3-1)9-4-7-11-8-5-9;;/h1-8H;1-3,6,9,11H,4-5,7-8H2;1-8H;1H4;1H. The van der Waals surface area contributed by atoms with Crippen LogP contribution < -0.4 is 10.0 Å². The Kier molecular flexibility index (Phi) is 11.5. The average Bonchev–Trinajstić information content (AvgIpc) is 3.00. The van der Waals surface area contributed by atoms with Crippen LogP contribution in [0.2, 0.25) is 0 Å². The topological polar surface area (TPSA) is 90.5 Å². The Labute approximate surface area is 226 Å². The van der Waals surface area contributed by atoms with Gasteiger partial charge in [0, 0.05) is 67.3 Å². The molecule has 1 fully saturated rings. The number of aromatic nitrogens is 5. The molecule has 0 atom stereocenters. The Balaban J connectivity index is 0.000000200. The van der Waals surface area contributed by atoms with E-state index in [1.54, 1.807) is 36.9 Å². The summed E-state index contributed by atoms with van der Waals surface area (Å²) in [7, 11) is 0. The van der Waals surface area contributed by atoms with E-state index in [4.69, 9.17) is 0 Å². The smallest absolute Gasteiger partial charge is 0.181 e. The van der Waals surface area contributed by atoms with Crippen molar-refractivity contribution in [3.05, 3.63) is 133 Å². The molecular weight excluding hydrogens is 472 g/mol. The quantitative estimate of drug-likeness (QED) is 0.239. The van der Waals surface area contributed by atoms with Crippen LogP contribution >= 0.6 is 0 Å². The zero-order chi connectivity index (χ0) is 25.5. The molecule has 6 rings (SSSR count). The number of hydrogen-bond donors (Lipinski definition) is 1. The van der Waals surface area contributed by atoms with Gasteiger partial charge in [0.05, 0.1) is 11.4 Å². The molecule has 7 heteroatoms. The van der Waals surface area contributed by atoms with Crippen LogP contribution in [0.5, 0.6) is 0 Å². The van der Waals surface area contributed by atoms with Crippen molar-refractivity contribution in [2.75, 3.05) is 13.1 Å². The first kappa shape index (κ1) is 28.1. The lowest BCUT2D eigenvalue weighted by atomic mass is 9.94. The first-order valence-corrected chi connectivity index (χ1v) is 12.3. The molecule has 0 unspecified atom stereocenters. The van der Waals surface area contributed by atoms with Crippen LogP contribution in [-0.2, 0) is 0 Å². The molecule has 0 saturated carbocycles. The lowest BCUT2D eigenvalue weighted by Gasteiger charge is -2.21. The monoisotopic (exact) mass is 508 g/mol. The van der Waals surface area contributed by atoms with Crippen LogP contribution in [0.25, 0.3) is 22.5 Å². The maximum atomic E-state index is 10.7. The van der Waals surface area contributed by atoms with Gasteiger partial charge >= 0.3 is 0 Å². The van der Waals surface area contributed by atoms with Gasteiger partial charge in [-0.15, -0.1) is 0 Å². The Morgan fingerprint density at radius 2 is 1.18 bits per heavy atom. The first-order valence-electron chi connectivity index (χ1n) is 12.3. The molecule has 196 valence electrons. The van der Waals surface area contributed by atoms with E-state index in [0.717, 1.165) is 40.3 Å². The SMILES string of the molecule is C.[HH].[O-][n+]1ccc(-c2ccccn2)cc1.c1ccc(-c2ccncc2)nc1.c1ccc(C2CCNCC2)nc1. The highest BCUT2D eigenvalue weighted by Gasteiger charge is 2.15. The number of piperidine rings is 1. The van der Waals surface area contributed by atoms with Crippen LogP contribution in [0, 0.1) is 5.21 Å². The summed E-state index contributed by atoms with van der Waals surface area (Å²) in [6, 6.07) is 25.1. The van der Waals surface area contributed by atoms with Gasteiger partial charge in [0.1, 0.15) is 0 Å². The molecule has 1 N–H and O–H groups in total. The largest absolute Gasteiger partial charge is 0.619 e. The summed E-state index contributed by atoms with van der Waals surface area (Å²) in [5.41, 5.74) is 5.18. The summed E-state index contributed by atoms with van der Waals surface area (Å²) >= 11 is 0. The van der Waals surface area contributed by atoms with E-state index in [2.05, 4.69) is 37.4 Å². The van der Waals surface area contributed by atoms with Crippen LogP contribution in [0.1, 0.15) is 33.3 Å². The minimum Gasteiger partial charge on any atom is -0.619 e. The van der Waals surface area contributed by atoms with E-state index in [0.29, 0.717) is 5.92 Å². The second-order valence-corrected chi connectivity index (χ2v) is 8.39. The second-order valence-electron chi connectivity index (χ2n) is 8.39. The summed E-state index contributed by atoms with van der Waals surface area (Å²) in [5.74, 6) is 0.687. The van der Waals surface area contributed by atoms with Crippen molar-refractivity contribution in [1.82, 2.24) is 25.3 Å². The van der Waals surface area contributed by atoms with Crippen LogP contribution in [0.3, 0.4) is 0 Å². The van der Waals surface area contributed by atoms with Gasteiger partial charge in [-0.3, -0.25) is 19.9 Å². The Morgan fingerprint density at radius 3 is 1.68 bits per heavy atom. The number of rotatable bonds is 3. The number of pyridine rings is 5. The predicted molar refractivity (Wildman–Crippen MR) is 154 cm³/mol. The molecule has 5 aromatic heterocycles. The summed E-state index contributed by atoms with van der Waals surface area (Å²) in [6.45, 7) is 2.28. The summed E-state index contributed by atoms with van der Waals surface area (Å²) in [5, 5.41) is 14.1. The maximum absolute atomic E-state index is 10.7. The van der Waals surface area contributed by atoms with Crippen molar-refractivity contribution in [1.29, 1.82) is 0 Å². The number of nitrogens with one attached hydrogen (secondary N) is 1. The fourth-order valence-electron chi connectivity index (χ4n) is 3.91. The fraction of sp³-hybridized carbons (Fsp3) is 0.194. The van der Waals surface area contributed by atoms with Gasteiger partial charge in [-0.1, -0.05) is 25.6 Å². The molecule has 1 aliphatic rings.